The van der Waals surface area contributed by atoms with Gasteiger partial charge in [-0.3, -0.25) is 9.59 Å². The van der Waals surface area contributed by atoms with Crippen LogP contribution in [0.5, 0.6) is 17.2 Å². The molecule has 1 aliphatic carbocycles. The molecule has 5 rings (SSSR count). The van der Waals surface area contributed by atoms with Gasteiger partial charge < -0.3 is 29.0 Å². The molecule has 3 aliphatic rings. The number of methoxy groups -OCH3 is 1. The number of carbonyl (C=O) groups is 3. The normalized spacial score (nSPS) is 23.4. The standard InChI is InChI=1S/C29H31NO8/c1-30-15-14-29-13-12-21(16-23(29)38-27-22(35-2)11-8-19(17-30)26(27)29)37-25(32)5-3-4-24(31)36-20-9-6-18(7-10-20)28(33)34/h6-13,21,23H,3-5,14-17H2,1-2H3,(H,33,34)/t21-,23-,29-/m0/s1. The van der Waals surface area contributed by atoms with Gasteiger partial charge in [0.1, 0.15) is 18.0 Å². The SMILES string of the molecule is COc1ccc2c3c1O[C@H]1C[C@@H](OC(=O)CCCC(=O)Oc4ccc(C(=O)O)cc4)C=C[C@@]31CCN(C)C2. The fourth-order valence-electron chi connectivity index (χ4n) is 5.61. The van der Waals surface area contributed by atoms with Crippen molar-refractivity contribution in [1.29, 1.82) is 0 Å². The van der Waals surface area contributed by atoms with Gasteiger partial charge >= 0.3 is 17.9 Å². The second-order valence-electron chi connectivity index (χ2n) is 10.0. The van der Waals surface area contributed by atoms with E-state index >= 15 is 0 Å². The van der Waals surface area contributed by atoms with E-state index < -0.39 is 18.0 Å². The van der Waals surface area contributed by atoms with Crippen LogP contribution >= 0.6 is 0 Å². The molecular formula is C29H31NO8. The highest BCUT2D eigenvalue weighted by atomic mass is 16.6. The van der Waals surface area contributed by atoms with Crippen LogP contribution in [-0.4, -0.2) is 60.8 Å². The molecule has 0 aromatic heterocycles. The van der Waals surface area contributed by atoms with Gasteiger partial charge in [0.05, 0.1) is 18.1 Å². The number of nitrogens with zero attached hydrogens (tertiary/aromatic N) is 1. The van der Waals surface area contributed by atoms with Crippen LogP contribution in [0, 0.1) is 0 Å². The molecule has 2 aromatic carbocycles. The summed E-state index contributed by atoms with van der Waals surface area (Å²) in [6.07, 6.45) is 5.39. The van der Waals surface area contributed by atoms with Crippen LogP contribution in [0.15, 0.2) is 48.6 Å². The first-order valence-electron chi connectivity index (χ1n) is 12.8. The number of hydrogen-bond acceptors (Lipinski definition) is 8. The molecule has 9 heteroatoms. The van der Waals surface area contributed by atoms with E-state index in [1.54, 1.807) is 7.11 Å². The fourth-order valence-corrected chi connectivity index (χ4v) is 5.61. The molecule has 2 aliphatic heterocycles. The summed E-state index contributed by atoms with van der Waals surface area (Å²) in [6, 6.07) is 9.64. The zero-order chi connectivity index (χ0) is 26.9. The number of esters is 2. The average Bonchev–Trinajstić information content (AvgIpc) is 3.15. The summed E-state index contributed by atoms with van der Waals surface area (Å²) in [6.45, 7) is 1.76. The van der Waals surface area contributed by atoms with E-state index in [9.17, 15) is 14.4 Å². The van der Waals surface area contributed by atoms with Crippen LogP contribution in [0.25, 0.3) is 0 Å². The van der Waals surface area contributed by atoms with Crippen molar-refractivity contribution in [3.8, 4) is 17.2 Å². The highest BCUT2D eigenvalue weighted by molar-refractivity contribution is 5.87. The molecule has 2 aromatic rings. The lowest BCUT2D eigenvalue weighted by Crippen LogP contribution is -2.43. The molecule has 2 heterocycles. The van der Waals surface area contributed by atoms with Crippen LogP contribution in [0.1, 0.15) is 53.6 Å². The third kappa shape index (κ3) is 4.98. The van der Waals surface area contributed by atoms with Gasteiger partial charge in [-0.2, -0.15) is 0 Å². The van der Waals surface area contributed by atoms with Gasteiger partial charge in [0.2, 0.25) is 0 Å². The van der Waals surface area contributed by atoms with Gasteiger partial charge in [-0.1, -0.05) is 12.1 Å². The maximum atomic E-state index is 12.5. The summed E-state index contributed by atoms with van der Waals surface area (Å²) in [4.78, 5) is 37.9. The number of carboxylic acids is 1. The first-order chi connectivity index (χ1) is 18.3. The smallest absolute Gasteiger partial charge is 0.335 e. The van der Waals surface area contributed by atoms with Gasteiger partial charge in [0.15, 0.2) is 11.5 Å². The van der Waals surface area contributed by atoms with E-state index in [1.165, 1.54) is 35.4 Å². The Morgan fingerprint density at radius 1 is 1.11 bits per heavy atom. The second-order valence-corrected chi connectivity index (χ2v) is 10.0. The van der Waals surface area contributed by atoms with E-state index in [4.69, 9.17) is 24.1 Å². The molecule has 9 nitrogen and oxygen atoms in total. The summed E-state index contributed by atoms with van der Waals surface area (Å²) in [5.41, 5.74) is 2.24. The molecular weight excluding hydrogens is 490 g/mol. The Labute approximate surface area is 220 Å². The number of hydrogen-bond donors (Lipinski definition) is 1. The van der Waals surface area contributed by atoms with Gasteiger partial charge in [0, 0.05) is 31.4 Å². The minimum atomic E-state index is -1.06. The number of benzene rings is 2. The first kappa shape index (κ1) is 25.8. The molecule has 0 unspecified atom stereocenters. The quantitative estimate of drug-likeness (QED) is 0.314. The van der Waals surface area contributed by atoms with Gasteiger partial charge in [-0.05, 0) is 68.4 Å². The van der Waals surface area contributed by atoms with Crippen LogP contribution in [0.3, 0.4) is 0 Å². The third-order valence-electron chi connectivity index (χ3n) is 7.51. The zero-order valence-corrected chi connectivity index (χ0v) is 21.5. The highest BCUT2D eigenvalue weighted by Crippen LogP contribution is 2.55. The lowest BCUT2D eigenvalue weighted by atomic mass is 9.69. The van der Waals surface area contributed by atoms with Crippen LogP contribution in [-0.2, 0) is 26.3 Å². The van der Waals surface area contributed by atoms with E-state index in [-0.39, 0.29) is 48.1 Å². The summed E-state index contributed by atoms with van der Waals surface area (Å²) in [5, 5.41) is 8.94. The number of carboxylic acid groups (broad SMARTS) is 1. The van der Waals surface area contributed by atoms with Gasteiger partial charge in [-0.15, -0.1) is 0 Å². The Morgan fingerprint density at radius 3 is 2.61 bits per heavy atom. The van der Waals surface area contributed by atoms with Gasteiger partial charge in [0.25, 0.3) is 0 Å². The van der Waals surface area contributed by atoms with Crippen molar-refractivity contribution in [3.63, 3.8) is 0 Å². The monoisotopic (exact) mass is 521 g/mol. The molecule has 0 radical (unpaired) electrons. The number of ether oxygens (including phenoxy) is 4. The molecule has 3 atom stereocenters. The van der Waals surface area contributed by atoms with E-state index in [0.29, 0.717) is 12.2 Å². The molecule has 0 amide bonds. The van der Waals surface area contributed by atoms with Crippen molar-refractivity contribution in [3.05, 3.63) is 65.2 Å². The number of aromatic carboxylic acids is 1. The molecule has 0 saturated heterocycles. The number of carbonyl (C=O) groups excluding carboxylic acids is 2. The molecule has 0 bridgehead atoms. The third-order valence-corrected chi connectivity index (χ3v) is 7.51. The maximum absolute atomic E-state index is 12.5. The van der Waals surface area contributed by atoms with Crippen LogP contribution < -0.4 is 14.2 Å². The lowest BCUT2D eigenvalue weighted by molar-refractivity contribution is -0.148. The Hall–Kier alpha value is -3.85. The zero-order valence-electron chi connectivity index (χ0n) is 21.5. The first-order valence-corrected chi connectivity index (χ1v) is 12.8. The van der Waals surface area contributed by atoms with Crippen LogP contribution in [0.2, 0.25) is 0 Å². The Bertz CT molecular complexity index is 1270. The van der Waals surface area contributed by atoms with E-state index in [2.05, 4.69) is 24.1 Å². The van der Waals surface area contributed by atoms with Gasteiger partial charge in [-0.25, -0.2) is 4.79 Å². The van der Waals surface area contributed by atoms with Crippen molar-refractivity contribution in [2.45, 2.75) is 56.3 Å². The largest absolute Gasteiger partial charge is 0.493 e. The van der Waals surface area contributed by atoms with Crippen molar-refractivity contribution < 1.29 is 38.4 Å². The Morgan fingerprint density at radius 2 is 1.87 bits per heavy atom. The van der Waals surface area contributed by atoms with Crippen molar-refractivity contribution in [1.82, 2.24) is 4.90 Å². The predicted octanol–water partition coefficient (Wildman–Crippen LogP) is 3.88. The summed E-state index contributed by atoms with van der Waals surface area (Å²) in [5.74, 6) is -0.179. The number of rotatable bonds is 8. The highest BCUT2D eigenvalue weighted by Gasteiger charge is 2.53. The molecule has 1 spiro atoms. The van der Waals surface area contributed by atoms with Crippen molar-refractivity contribution in [2.75, 3.05) is 20.7 Å². The van der Waals surface area contributed by atoms with Crippen LogP contribution in [0.4, 0.5) is 0 Å². The molecule has 38 heavy (non-hydrogen) atoms. The molecule has 0 saturated carbocycles. The summed E-state index contributed by atoms with van der Waals surface area (Å²) < 4.78 is 23.0. The minimum Gasteiger partial charge on any atom is -0.493 e. The minimum absolute atomic E-state index is 0.0382. The van der Waals surface area contributed by atoms with Crippen molar-refractivity contribution in [2.24, 2.45) is 0 Å². The Balaban J connectivity index is 1.16. The maximum Gasteiger partial charge on any atom is 0.335 e. The average molecular weight is 522 g/mol. The lowest BCUT2D eigenvalue weighted by Gasteiger charge is -2.36. The summed E-state index contributed by atoms with van der Waals surface area (Å²) in [7, 11) is 3.76. The predicted molar refractivity (Wildman–Crippen MR) is 137 cm³/mol. The fraction of sp³-hybridized carbons (Fsp3) is 0.414. The molecule has 200 valence electrons. The summed E-state index contributed by atoms with van der Waals surface area (Å²) >= 11 is 0. The van der Waals surface area contributed by atoms with Crippen molar-refractivity contribution >= 4 is 17.9 Å². The Kier molecular flexibility index (Phi) is 7.12. The molecule has 0 fully saturated rings. The molecule has 1 N–H and O–H groups in total. The second kappa shape index (κ2) is 10.5. The van der Waals surface area contributed by atoms with E-state index in [0.717, 1.165) is 25.3 Å². The topological polar surface area (TPSA) is 112 Å². The van der Waals surface area contributed by atoms with E-state index in [1.807, 2.05) is 12.1 Å².